The van der Waals surface area contributed by atoms with E-state index >= 15 is 0 Å². The maximum absolute atomic E-state index is 13.2. The molecule has 1 unspecified atom stereocenters. The number of hydrogen-bond acceptors (Lipinski definition) is 4. The molecule has 0 radical (unpaired) electrons. The Morgan fingerprint density at radius 2 is 2.18 bits per heavy atom. The summed E-state index contributed by atoms with van der Waals surface area (Å²) < 4.78 is 13.2. The minimum Gasteiger partial charge on any atom is -0.271 e. The van der Waals surface area contributed by atoms with E-state index < -0.39 is 0 Å². The van der Waals surface area contributed by atoms with E-state index in [0.717, 1.165) is 15.4 Å². The summed E-state index contributed by atoms with van der Waals surface area (Å²) in [6, 6.07) is 4.86. The molecule has 0 aliphatic heterocycles. The van der Waals surface area contributed by atoms with Gasteiger partial charge in [0.05, 0.1) is 11.0 Å². The average Bonchev–Trinajstić information content (AvgIpc) is 2.71. The van der Waals surface area contributed by atoms with E-state index in [0.29, 0.717) is 5.56 Å². The third-order valence-electron chi connectivity index (χ3n) is 2.61. The van der Waals surface area contributed by atoms with Gasteiger partial charge in [-0.1, -0.05) is 12.1 Å². The summed E-state index contributed by atoms with van der Waals surface area (Å²) in [7, 11) is 0. The predicted molar refractivity (Wildman–Crippen MR) is 67.2 cm³/mol. The number of aryl methyl sites for hydroxylation is 2. The fraction of sp³-hybridized carbons (Fsp3) is 0.250. The highest BCUT2D eigenvalue weighted by Gasteiger charge is 2.15. The molecule has 0 saturated heterocycles. The first-order chi connectivity index (χ1) is 8.11. The Balaban J connectivity index is 2.38. The molecule has 3 nitrogen and oxygen atoms in total. The van der Waals surface area contributed by atoms with Crippen molar-refractivity contribution < 1.29 is 4.39 Å². The highest BCUT2D eigenvalue weighted by atomic mass is 32.1. The lowest BCUT2D eigenvalue weighted by atomic mass is 10.0. The first-order valence-electron chi connectivity index (χ1n) is 5.26. The minimum atomic E-state index is -0.204. The number of nitrogens with zero attached hydrogens (tertiary/aromatic N) is 1. The van der Waals surface area contributed by atoms with Gasteiger partial charge in [-0.2, -0.15) is 0 Å². The molecule has 5 heteroatoms. The highest BCUT2D eigenvalue weighted by Crippen LogP contribution is 2.27. The van der Waals surface area contributed by atoms with Crippen LogP contribution in [0.4, 0.5) is 4.39 Å². The van der Waals surface area contributed by atoms with Crippen molar-refractivity contribution in [3.63, 3.8) is 0 Å². The Morgan fingerprint density at radius 1 is 1.41 bits per heavy atom. The Bertz CT molecular complexity index is 524. The zero-order chi connectivity index (χ0) is 12.4. The third kappa shape index (κ3) is 2.52. The van der Waals surface area contributed by atoms with E-state index in [1.54, 1.807) is 36.6 Å². The van der Waals surface area contributed by atoms with Crippen molar-refractivity contribution in [2.75, 3.05) is 0 Å². The predicted octanol–water partition coefficient (Wildman–Crippen LogP) is 2.45. The second kappa shape index (κ2) is 4.91. The van der Waals surface area contributed by atoms with E-state index in [1.165, 1.54) is 6.07 Å². The number of nitrogens with two attached hydrogens (primary N) is 1. The van der Waals surface area contributed by atoms with Crippen LogP contribution >= 0.6 is 11.3 Å². The van der Waals surface area contributed by atoms with Crippen LogP contribution in [0.1, 0.15) is 27.1 Å². The van der Waals surface area contributed by atoms with Gasteiger partial charge in [0, 0.05) is 11.1 Å². The lowest BCUT2D eigenvalue weighted by Crippen LogP contribution is -2.28. The fourth-order valence-corrected chi connectivity index (χ4v) is 2.58. The summed E-state index contributed by atoms with van der Waals surface area (Å²) in [5.74, 6) is 5.37. The van der Waals surface area contributed by atoms with Crippen molar-refractivity contribution in [3.05, 3.63) is 51.2 Å². The lowest BCUT2D eigenvalue weighted by molar-refractivity contribution is 0.609. The molecule has 2 aromatic rings. The van der Waals surface area contributed by atoms with Crippen LogP contribution in [0.5, 0.6) is 0 Å². The summed E-state index contributed by atoms with van der Waals surface area (Å²) in [6.45, 7) is 3.68. The van der Waals surface area contributed by atoms with Gasteiger partial charge in [0.1, 0.15) is 5.82 Å². The summed E-state index contributed by atoms with van der Waals surface area (Å²) in [4.78, 5) is 5.22. The molecule has 1 atom stereocenters. The van der Waals surface area contributed by atoms with Crippen LogP contribution < -0.4 is 11.3 Å². The van der Waals surface area contributed by atoms with Crippen molar-refractivity contribution in [2.45, 2.75) is 19.9 Å². The van der Waals surface area contributed by atoms with Crippen LogP contribution in [0.15, 0.2) is 24.4 Å². The molecule has 2 rings (SSSR count). The molecule has 0 fully saturated rings. The van der Waals surface area contributed by atoms with Crippen LogP contribution in [-0.2, 0) is 0 Å². The Morgan fingerprint density at radius 3 is 2.71 bits per heavy atom. The molecule has 17 heavy (non-hydrogen) atoms. The maximum Gasteiger partial charge on any atom is 0.126 e. The molecular formula is C12H14FN3S. The summed E-state index contributed by atoms with van der Waals surface area (Å²) in [5, 5.41) is 0.985. The molecular weight excluding hydrogens is 237 g/mol. The molecule has 90 valence electrons. The largest absolute Gasteiger partial charge is 0.271 e. The molecule has 1 aromatic carbocycles. The second-order valence-electron chi connectivity index (χ2n) is 3.89. The van der Waals surface area contributed by atoms with E-state index in [4.69, 9.17) is 5.84 Å². The SMILES string of the molecule is Cc1ncc(C(NN)c2ccc(F)c(C)c2)s1. The Labute approximate surface area is 103 Å². The zero-order valence-electron chi connectivity index (χ0n) is 9.70. The van der Waals surface area contributed by atoms with Gasteiger partial charge in [0.25, 0.3) is 0 Å². The lowest BCUT2D eigenvalue weighted by Gasteiger charge is -2.14. The smallest absolute Gasteiger partial charge is 0.126 e. The van der Waals surface area contributed by atoms with Gasteiger partial charge < -0.3 is 0 Å². The average molecular weight is 251 g/mol. The molecule has 1 heterocycles. The molecule has 1 aromatic heterocycles. The van der Waals surface area contributed by atoms with Crippen LogP contribution in [-0.4, -0.2) is 4.98 Å². The minimum absolute atomic E-state index is 0.138. The number of hydrogen-bond donors (Lipinski definition) is 2. The molecule has 3 N–H and O–H groups in total. The molecule has 0 spiro atoms. The van der Waals surface area contributed by atoms with Crippen LogP contribution in [0.25, 0.3) is 0 Å². The van der Waals surface area contributed by atoms with E-state index in [2.05, 4.69) is 10.4 Å². The van der Waals surface area contributed by atoms with Crippen LogP contribution in [0.2, 0.25) is 0 Å². The van der Waals surface area contributed by atoms with Gasteiger partial charge in [-0.05, 0) is 31.0 Å². The number of nitrogens with one attached hydrogen (secondary N) is 1. The first kappa shape index (κ1) is 12.2. The van der Waals surface area contributed by atoms with E-state index in [-0.39, 0.29) is 11.9 Å². The summed E-state index contributed by atoms with van der Waals surface area (Å²) in [6.07, 6.45) is 1.79. The summed E-state index contributed by atoms with van der Waals surface area (Å²) in [5.41, 5.74) is 4.30. The van der Waals surface area contributed by atoms with Crippen LogP contribution in [0.3, 0.4) is 0 Å². The van der Waals surface area contributed by atoms with Crippen molar-refractivity contribution in [1.82, 2.24) is 10.4 Å². The van der Waals surface area contributed by atoms with Gasteiger partial charge >= 0.3 is 0 Å². The molecule has 0 saturated carbocycles. The molecule has 0 bridgehead atoms. The standard InChI is InChI=1S/C12H14FN3S/c1-7-5-9(3-4-10(7)13)12(16-14)11-6-15-8(2)17-11/h3-6,12,16H,14H2,1-2H3. The van der Waals surface area contributed by atoms with Gasteiger partial charge in [-0.3, -0.25) is 5.84 Å². The normalized spacial score (nSPS) is 12.7. The van der Waals surface area contributed by atoms with Crippen LogP contribution in [0, 0.1) is 19.7 Å². The Hall–Kier alpha value is -1.30. The number of aromatic nitrogens is 1. The van der Waals surface area contributed by atoms with Gasteiger partial charge in [-0.15, -0.1) is 11.3 Å². The second-order valence-corrected chi connectivity index (χ2v) is 5.16. The van der Waals surface area contributed by atoms with Crippen molar-refractivity contribution in [3.8, 4) is 0 Å². The fourth-order valence-electron chi connectivity index (χ4n) is 1.70. The first-order valence-corrected chi connectivity index (χ1v) is 6.08. The van der Waals surface area contributed by atoms with Crippen molar-refractivity contribution >= 4 is 11.3 Å². The number of rotatable bonds is 3. The maximum atomic E-state index is 13.2. The Kier molecular flexibility index (Phi) is 3.51. The van der Waals surface area contributed by atoms with Crippen molar-refractivity contribution in [2.24, 2.45) is 5.84 Å². The number of halogens is 1. The highest BCUT2D eigenvalue weighted by molar-refractivity contribution is 7.11. The van der Waals surface area contributed by atoms with E-state index in [1.807, 2.05) is 6.92 Å². The summed E-state index contributed by atoms with van der Waals surface area (Å²) >= 11 is 1.58. The third-order valence-corrected chi connectivity index (χ3v) is 3.58. The van der Waals surface area contributed by atoms with Gasteiger partial charge in [0.15, 0.2) is 0 Å². The van der Waals surface area contributed by atoms with Crippen molar-refractivity contribution in [1.29, 1.82) is 0 Å². The quantitative estimate of drug-likeness (QED) is 0.651. The monoisotopic (exact) mass is 251 g/mol. The molecule has 0 aliphatic carbocycles. The van der Waals surface area contributed by atoms with E-state index in [9.17, 15) is 4.39 Å². The topological polar surface area (TPSA) is 50.9 Å². The number of thiazole rings is 1. The number of benzene rings is 1. The van der Waals surface area contributed by atoms with Gasteiger partial charge in [0.2, 0.25) is 0 Å². The molecule has 0 amide bonds. The molecule has 0 aliphatic rings. The number of hydrazine groups is 1. The van der Waals surface area contributed by atoms with Gasteiger partial charge in [-0.25, -0.2) is 14.8 Å². The zero-order valence-corrected chi connectivity index (χ0v) is 10.5.